The van der Waals surface area contributed by atoms with Crippen molar-refractivity contribution in [2.24, 2.45) is 4.99 Å². The summed E-state index contributed by atoms with van der Waals surface area (Å²) in [6.07, 6.45) is 0. The predicted molar refractivity (Wildman–Crippen MR) is 105 cm³/mol. The minimum atomic E-state index is 0. The van der Waals surface area contributed by atoms with Crippen LogP contribution in [0.2, 0.25) is 0 Å². The van der Waals surface area contributed by atoms with Crippen LogP contribution in [0.25, 0.3) is 0 Å². The smallest absolute Gasteiger partial charge is 0.191 e. The third kappa shape index (κ3) is 5.76. The lowest BCUT2D eigenvalue weighted by molar-refractivity contribution is 0.372. The molecule has 0 radical (unpaired) electrons. The van der Waals surface area contributed by atoms with E-state index >= 15 is 0 Å². The summed E-state index contributed by atoms with van der Waals surface area (Å²) in [5.74, 6) is 1.90. The Kier molecular flexibility index (Phi) is 7.97. The van der Waals surface area contributed by atoms with Gasteiger partial charge in [-0.1, -0.05) is 19.0 Å². The van der Waals surface area contributed by atoms with E-state index in [0.717, 1.165) is 28.1 Å². The van der Waals surface area contributed by atoms with Crippen molar-refractivity contribution < 1.29 is 4.52 Å². The maximum absolute atomic E-state index is 5.30. The molecule has 2 rings (SSSR count). The van der Waals surface area contributed by atoms with Crippen molar-refractivity contribution in [1.82, 2.24) is 20.8 Å². The highest BCUT2D eigenvalue weighted by molar-refractivity contribution is 14.0. The summed E-state index contributed by atoms with van der Waals surface area (Å²) >= 11 is 1.70. The number of nitrogens with one attached hydrogen (secondary N) is 2. The topological polar surface area (TPSA) is 75.3 Å². The van der Waals surface area contributed by atoms with E-state index in [1.807, 2.05) is 19.9 Å². The molecule has 0 amide bonds. The summed E-state index contributed by atoms with van der Waals surface area (Å²) in [6.45, 7) is 9.50. The zero-order valence-electron chi connectivity index (χ0n) is 14.1. The van der Waals surface area contributed by atoms with Gasteiger partial charge in [0.1, 0.15) is 0 Å². The fourth-order valence-corrected chi connectivity index (χ4v) is 2.85. The van der Waals surface area contributed by atoms with Gasteiger partial charge in [-0.25, -0.2) is 4.98 Å². The summed E-state index contributed by atoms with van der Waals surface area (Å²) in [7, 11) is 1.75. The third-order valence-electron chi connectivity index (χ3n) is 3.24. The molecule has 0 atom stereocenters. The number of nitrogens with zero attached hydrogens (tertiary/aromatic N) is 3. The average Bonchev–Trinajstić information content (AvgIpc) is 3.06. The molecule has 0 aliphatic rings. The highest BCUT2D eigenvalue weighted by Gasteiger charge is 2.09. The number of rotatable bonds is 5. The molecule has 0 saturated carbocycles. The SMILES string of the molecule is CN=C(NCc1cc(C(C)C)no1)NCc1sc(C)nc1C.I. The number of hydrogen-bond donors (Lipinski definition) is 2. The third-order valence-corrected chi connectivity index (χ3v) is 4.31. The molecule has 2 N–H and O–H groups in total. The molecular formula is C15H24IN5OS. The highest BCUT2D eigenvalue weighted by atomic mass is 127. The summed E-state index contributed by atoms with van der Waals surface area (Å²) in [5, 5.41) is 11.6. The minimum Gasteiger partial charge on any atom is -0.359 e. The van der Waals surface area contributed by atoms with Gasteiger partial charge in [0.05, 0.1) is 29.5 Å². The molecule has 0 spiro atoms. The molecule has 2 aromatic heterocycles. The summed E-state index contributed by atoms with van der Waals surface area (Å²) in [5.41, 5.74) is 2.04. The number of aromatic nitrogens is 2. The van der Waals surface area contributed by atoms with Crippen LogP contribution >= 0.6 is 35.3 Å². The van der Waals surface area contributed by atoms with Gasteiger partial charge < -0.3 is 15.2 Å². The standard InChI is InChI=1S/C15H23N5OS.HI/c1-9(2)13-6-12(21-20-13)7-17-15(16-5)18-8-14-10(3)19-11(4)22-14;/h6,9H,7-8H2,1-5H3,(H2,16,17,18);1H. The van der Waals surface area contributed by atoms with Crippen LogP contribution in [0.15, 0.2) is 15.6 Å². The molecule has 0 bridgehead atoms. The zero-order valence-corrected chi connectivity index (χ0v) is 17.3. The van der Waals surface area contributed by atoms with Gasteiger partial charge in [0.2, 0.25) is 0 Å². The van der Waals surface area contributed by atoms with Crippen molar-refractivity contribution in [3.63, 3.8) is 0 Å². The Morgan fingerprint density at radius 3 is 2.52 bits per heavy atom. The molecule has 2 heterocycles. The monoisotopic (exact) mass is 449 g/mol. The second kappa shape index (κ2) is 9.21. The van der Waals surface area contributed by atoms with E-state index in [-0.39, 0.29) is 24.0 Å². The Morgan fingerprint density at radius 1 is 1.30 bits per heavy atom. The molecule has 8 heteroatoms. The number of aryl methyl sites for hydroxylation is 2. The van der Waals surface area contributed by atoms with Gasteiger partial charge in [0.15, 0.2) is 11.7 Å². The van der Waals surface area contributed by atoms with Crippen LogP contribution in [-0.4, -0.2) is 23.1 Å². The van der Waals surface area contributed by atoms with E-state index in [1.165, 1.54) is 4.88 Å². The van der Waals surface area contributed by atoms with Crippen LogP contribution < -0.4 is 10.6 Å². The Bertz CT molecular complexity index is 650. The lowest BCUT2D eigenvalue weighted by atomic mass is 10.1. The van der Waals surface area contributed by atoms with Gasteiger partial charge in [-0.05, 0) is 19.8 Å². The van der Waals surface area contributed by atoms with Crippen LogP contribution in [0.3, 0.4) is 0 Å². The fraction of sp³-hybridized carbons (Fsp3) is 0.533. The number of halogens is 1. The fourth-order valence-electron chi connectivity index (χ4n) is 1.98. The first-order valence-corrected chi connectivity index (χ1v) is 8.14. The second-order valence-electron chi connectivity index (χ2n) is 5.39. The van der Waals surface area contributed by atoms with Crippen molar-refractivity contribution in [2.45, 2.75) is 46.7 Å². The molecule has 0 aliphatic carbocycles. The molecular weight excluding hydrogens is 425 g/mol. The van der Waals surface area contributed by atoms with Crippen LogP contribution in [0.4, 0.5) is 0 Å². The predicted octanol–water partition coefficient (Wildman–Crippen LogP) is 3.35. The van der Waals surface area contributed by atoms with Crippen LogP contribution in [0, 0.1) is 13.8 Å². The molecule has 0 saturated heterocycles. The quantitative estimate of drug-likeness (QED) is 0.416. The Hall–Kier alpha value is -1.16. The molecule has 23 heavy (non-hydrogen) atoms. The van der Waals surface area contributed by atoms with Gasteiger partial charge in [-0.3, -0.25) is 4.99 Å². The van der Waals surface area contributed by atoms with E-state index in [9.17, 15) is 0 Å². The van der Waals surface area contributed by atoms with Gasteiger partial charge in [0, 0.05) is 18.0 Å². The van der Waals surface area contributed by atoms with Gasteiger partial charge in [-0.2, -0.15) is 0 Å². The van der Waals surface area contributed by atoms with Crippen molar-refractivity contribution in [2.75, 3.05) is 7.05 Å². The Labute approximate surface area is 158 Å². The first-order chi connectivity index (χ1) is 10.5. The molecule has 0 unspecified atom stereocenters. The summed E-state index contributed by atoms with van der Waals surface area (Å²) in [6, 6.07) is 1.97. The number of aliphatic imine (C=N–C) groups is 1. The summed E-state index contributed by atoms with van der Waals surface area (Å²) in [4.78, 5) is 9.86. The first kappa shape index (κ1) is 19.9. The normalized spacial score (nSPS) is 11.5. The van der Waals surface area contributed by atoms with Gasteiger partial charge in [0.25, 0.3) is 0 Å². The zero-order chi connectivity index (χ0) is 16.1. The van der Waals surface area contributed by atoms with Crippen LogP contribution in [0.5, 0.6) is 0 Å². The van der Waals surface area contributed by atoms with Crippen molar-refractivity contribution in [3.05, 3.63) is 33.1 Å². The van der Waals surface area contributed by atoms with Crippen LogP contribution in [0.1, 0.15) is 46.8 Å². The number of thiazole rings is 1. The highest BCUT2D eigenvalue weighted by Crippen LogP contribution is 2.16. The average molecular weight is 449 g/mol. The van der Waals surface area contributed by atoms with E-state index in [4.69, 9.17) is 4.52 Å². The van der Waals surface area contributed by atoms with Gasteiger partial charge >= 0.3 is 0 Å². The van der Waals surface area contributed by atoms with Crippen molar-refractivity contribution in [1.29, 1.82) is 0 Å². The molecule has 0 fully saturated rings. The van der Waals surface area contributed by atoms with Crippen molar-refractivity contribution >= 4 is 41.3 Å². The van der Waals surface area contributed by atoms with Crippen LogP contribution in [-0.2, 0) is 13.1 Å². The number of hydrogen-bond acceptors (Lipinski definition) is 5. The Morgan fingerprint density at radius 2 is 2.00 bits per heavy atom. The van der Waals surface area contributed by atoms with E-state index in [0.29, 0.717) is 19.0 Å². The maximum Gasteiger partial charge on any atom is 0.191 e. The molecule has 0 aliphatic heterocycles. The lowest BCUT2D eigenvalue weighted by Gasteiger charge is -2.09. The summed E-state index contributed by atoms with van der Waals surface area (Å²) < 4.78 is 5.30. The second-order valence-corrected chi connectivity index (χ2v) is 6.68. The van der Waals surface area contributed by atoms with E-state index in [1.54, 1.807) is 18.4 Å². The first-order valence-electron chi connectivity index (χ1n) is 7.32. The van der Waals surface area contributed by atoms with Gasteiger partial charge in [-0.15, -0.1) is 35.3 Å². The number of guanidine groups is 1. The van der Waals surface area contributed by atoms with E-state index in [2.05, 4.69) is 39.6 Å². The van der Waals surface area contributed by atoms with E-state index < -0.39 is 0 Å². The molecule has 6 nitrogen and oxygen atoms in total. The molecule has 2 aromatic rings. The van der Waals surface area contributed by atoms with Crippen molar-refractivity contribution in [3.8, 4) is 0 Å². The lowest BCUT2D eigenvalue weighted by Crippen LogP contribution is -2.36. The Balaban J connectivity index is 0.00000264. The largest absolute Gasteiger partial charge is 0.359 e. The molecule has 0 aromatic carbocycles. The minimum absolute atomic E-state index is 0. The molecule has 128 valence electrons. The maximum atomic E-state index is 5.30.